The van der Waals surface area contributed by atoms with Gasteiger partial charge in [0.15, 0.2) is 0 Å². The number of amidine groups is 1. The van der Waals surface area contributed by atoms with Crippen molar-refractivity contribution in [2.24, 2.45) is 4.99 Å². The molecule has 3 heterocycles. The molecule has 2 aliphatic rings. The number of benzene rings is 2. The fourth-order valence-electron chi connectivity index (χ4n) is 4.99. The van der Waals surface area contributed by atoms with Gasteiger partial charge in [-0.2, -0.15) is 0 Å². The number of halogens is 1. The van der Waals surface area contributed by atoms with E-state index in [1.807, 2.05) is 37.3 Å². The van der Waals surface area contributed by atoms with Gasteiger partial charge in [0.25, 0.3) is 11.7 Å². The fraction of sp³-hybridized carbons (Fsp3) is 0.393. The number of ketones is 1. The van der Waals surface area contributed by atoms with E-state index < -0.39 is 17.5 Å². The number of rotatable bonds is 6. The lowest BCUT2D eigenvalue weighted by Gasteiger charge is -2.36. The van der Waals surface area contributed by atoms with Crippen LogP contribution in [0.5, 0.6) is 0 Å². The summed E-state index contributed by atoms with van der Waals surface area (Å²) in [5.41, 5.74) is 2.47. The average molecular weight is 506 g/mol. The number of hydrogen-bond acceptors (Lipinski definition) is 5. The number of nitrogens with zero attached hydrogens (tertiary/aromatic N) is 4. The van der Waals surface area contributed by atoms with Gasteiger partial charge in [0.1, 0.15) is 11.7 Å². The molecular formula is C28H32FN5O3. The van der Waals surface area contributed by atoms with Crippen molar-refractivity contribution in [3.05, 3.63) is 71.2 Å². The molecule has 1 N–H and O–H groups in total. The van der Waals surface area contributed by atoms with Crippen molar-refractivity contribution in [3.63, 3.8) is 0 Å². The van der Waals surface area contributed by atoms with Gasteiger partial charge in [0.2, 0.25) is 0 Å². The molecule has 0 aliphatic carbocycles. The highest BCUT2D eigenvalue weighted by Gasteiger charge is 2.30. The van der Waals surface area contributed by atoms with Gasteiger partial charge in [-0.25, -0.2) is 4.39 Å². The smallest absolute Gasteiger partial charge is 0.295 e. The maximum atomic E-state index is 14.5. The van der Waals surface area contributed by atoms with Crippen molar-refractivity contribution >= 4 is 28.4 Å². The van der Waals surface area contributed by atoms with Crippen LogP contribution >= 0.6 is 0 Å². The van der Waals surface area contributed by atoms with Crippen LogP contribution in [0, 0.1) is 12.7 Å². The number of H-pyrrole nitrogens is 1. The second-order valence-corrected chi connectivity index (χ2v) is 9.45. The monoisotopic (exact) mass is 505 g/mol. The lowest BCUT2D eigenvalue weighted by Crippen LogP contribution is -2.52. The van der Waals surface area contributed by atoms with E-state index in [0.29, 0.717) is 38.2 Å². The van der Waals surface area contributed by atoms with Gasteiger partial charge >= 0.3 is 0 Å². The number of nitrogens with one attached hydrogen (secondary N) is 1. The van der Waals surface area contributed by atoms with Crippen LogP contribution in [0.3, 0.4) is 0 Å². The summed E-state index contributed by atoms with van der Waals surface area (Å²) in [6.45, 7) is 8.64. The summed E-state index contributed by atoms with van der Waals surface area (Å²) in [6.07, 6.45) is 1.44. The maximum Gasteiger partial charge on any atom is 0.295 e. The number of Topliss-reactive ketones (excluding diaryl/α,β-unsaturated/α-hetero) is 1. The Labute approximate surface area is 215 Å². The number of amides is 1. The number of carbonyl (C=O) groups is 2. The molecule has 37 heavy (non-hydrogen) atoms. The first kappa shape index (κ1) is 25.1. The number of hydrogen-bond donors (Lipinski definition) is 1. The highest BCUT2D eigenvalue weighted by Crippen LogP contribution is 2.25. The number of aliphatic imine (C=N–C) groups is 1. The van der Waals surface area contributed by atoms with Crippen LogP contribution in [-0.4, -0.2) is 103 Å². The normalized spacial score (nSPS) is 17.4. The molecule has 194 valence electrons. The third-order valence-electron chi connectivity index (χ3n) is 7.11. The maximum absolute atomic E-state index is 14.5. The molecule has 2 aromatic carbocycles. The first-order valence-electron chi connectivity index (χ1n) is 12.8. The topological polar surface area (TPSA) is 81.2 Å². The van der Waals surface area contributed by atoms with Gasteiger partial charge in [0.05, 0.1) is 30.8 Å². The number of aryl methyl sites for hydroxylation is 1. The highest BCUT2D eigenvalue weighted by atomic mass is 19.1. The molecule has 0 atom stereocenters. The third-order valence-corrected chi connectivity index (χ3v) is 7.11. The van der Waals surface area contributed by atoms with E-state index >= 15 is 0 Å². The van der Waals surface area contributed by atoms with Crippen LogP contribution in [0.4, 0.5) is 4.39 Å². The molecule has 0 unspecified atom stereocenters. The van der Waals surface area contributed by atoms with Crippen LogP contribution in [0.1, 0.15) is 21.5 Å². The Kier molecular flexibility index (Phi) is 7.62. The number of piperazine rings is 1. The summed E-state index contributed by atoms with van der Waals surface area (Å²) in [7, 11) is 0. The van der Waals surface area contributed by atoms with Gasteiger partial charge < -0.3 is 19.5 Å². The third kappa shape index (κ3) is 5.42. The zero-order chi connectivity index (χ0) is 25.8. The Balaban J connectivity index is 1.26. The standard InChI is InChI=1S/C28H32FN5O3/c1-20-7-8-23(29)24-22(19-31-25(20)24)26(35)28(36)34-13-11-33(12-14-34)27(21-5-3-2-4-6-21)30-9-10-32-15-17-37-18-16-32/h2-8,19,31H,9-18H2,1H3/b30-27+. The Morgan fingerprint density at radius 1 is 0.973 bits per heavy atom. The molecule has 0 saturated carbocycles. The summed E-state index contributed by atoms with van der Waals surface area (Å²) in [5.74, 6) is -0.899. The predicted octanol–water partition coefficient (Wildman–Crippen LogP) is 2.72. The minimum Gasteiger partial charge on any atom is -0.379 e. The van der Waals surface area contributed by atoms with Crippen molar-refractivity contribution in [3.8, 4) is 0 Å². The Hall–Kier alpha value is -3.56. The van der Waals surface area contributed by atoms with Gasteiger partial charge in [-0.05, 0) is 18.6 Å². The zero-order valence-electron chi connectivity index (χ0n) is 21.1. The second-order valence-electron chi connectivity index (χ2n) is 9.45. The minimum atomic E-state index is -0.688. The first-order chi connectivity index (χ1) is 18.0. The Morgan fingerprint density at radius 3 is 2.41 bits per heavy atom. The lowest BCUT2D eigenvalue weighted by atomic mass is 10.1. The molecule has 5 rings (SSSR count). The number of carbonyl (C=O) groups excluding carboxylic acids is 2. The first-order valence-corrected chi connectivity index (χ1v) is 12.8. The SMILES string of the molecule is Cc1ccc(F)c2c(C(=O)C(=O)N3CCN(/C(=N/CCN4CCOCC4)c4ccccc4)CC3)c[nH]c12. The van der Waals surface area contributed by atoms with Gasteiger partial charge in [-0.3, -0.25) is 19.5 Å². The Morgan fingerprint density at radius 2 is 1.68 bits per heavy atom. The molecule has 2 aliphatic heterocycles. The van der Waals surface area contributed by atoms with Gasteiger partial charge in [-0.1, -0.05) is 36.4 Å². The number of ether oxygens (including phenoxy) is 1. The summed E-state index contributed by atoms with van der Waals surface area (Å²) in [5, 5.41) is 0.177. The van der Waals surface area contributed by atoms with Crippen molar-refractivity contribution in [1.29, 1.82) is 0 Å². The van der Waals surface area contributed by atoms with Crippen LogP contribution in [0.15, 0.2) is 53.7 Å². The lowest BCUT2D eigenvalue weighted by molar-refractivity contribution is -0.127. The number of morpholine rings is 1. The van der Waals surface area contributed by atoms with E-state index in [0.717, 1.165) is 49.8 Å². The molecule has 0 bridgehead atoms. The Bertz CT molecular complexity index is 1290. The molecule has 2 fully saturated rings. The molecule has 9 heteroatoms. The molecule has 0 radical (unpaired) electrons. The van der Waals surface area contributed by atoms with Crippen LogP contribution < -0.4 is 0 Å². The quantitative estimate of drug-likeness (QED) is 0.241. The van der Waals surface area contributed by atoms with E-state index in [-0.39, 0.29) is 10.9 Å². The fourth-order valence-corrected chi connectivity index (χ4v) is 4.99. The predicted molar refractivity (Wildman–Crippen MR) is 141 cm³/mol. The zero-order valence-corrected chi connectivity index (χ0v) is 21.1. The van der Waals surface area contributed by atoms with Crippen LogP contribution in [0.2, 0.25) is 0 Å². The summed E-state index contributed by atoms with van der Waals surface area (Å²) < 4.78 is 20.0. The molecular weight excluding hydrogens is 473 g/mol. The average Bonchev–Trinajstić information content (AvgIpc) is 3.40. The van der Waals surface area contributed by atoms with E-state index in [1.54, 1.807) is 11.0 Å². The molecule has 8 nitrogen and oxygen atoms in total. The van der Waals surface area contributed by atoms with Crippen molar-refractivity contribution < 1.29 is 18.7 Å². The molecule has 3 aromatic rings. The highest BCUT2D eigenvalue weighted by molar-refractivity contribution is 6.45. The van der Waals surface area contributed by atoms with Crippen molar-refractivity contribution in [2.75, 3.05) is 65.6 Å². The molecule has 1 aromatic heterocycles. The number of aromatic amines is 1. The van der Waals surface area contributed by atoms with E-state index in [2.05, 4.69) is 14.8 Å². The second kappa shape index (κ2) is 11.2. The van der Waals surface area contributed by atoms with E-state index in [4.69, 9.17) is 9.73 Å². The van der Waals surface area contributed by atoms with Gasteiger partial charge in [-0.15, -0.1) is 0 Å². The van der Waals surface area contributed by atoms with Crippen LogP contribution in [0.25, 0.3) is 10.9 Å². The number of fused-ring (bicyclic) bond motifs is 1. The minimum absolute atomic E-state index is 0.0817. The van der Waals surface area contributed by atoms with Crippen LogP contribution in [-0.2, 0) is 9.53 Å². The van der Waals surface area contributed by atoms with Gasteiger partial charge in [0, 0.05) is 63.0 Å². The van der Waals surface area contributed by atoms with Crippen molar-refractivity contribution in [2.45, 2.75) is 6.92 Å². The largest absolute Gasteiger partial charge is 0.379 e. The van der Waals surface area contributed by atoms with E-state index in [9.17, 15) is 14.0 Å². The number of aromatic nitrogens is 1. The van der Waals surface area contributed by atoms with Crippen molar-refractivity contribution in [1.82, 2.24) is 19.7 Å². The summed E-state index contributed by atoms with van der Waals surface area (Å²) in [4.78, 5) is 40.2. The van der Waals surface area contributed by atoms with E-state index in [1.165, 1.54) is 12.3 Å². The molecule has 1 amide bonds. The molecule has 2 saturated heterocycles. The summed E-state index contributed by atoms with van der Waals surface area (Å²) >= 11 is 0. The summed E-state index contributed by atoms with van der Waals surface area (Å²) in [6, 6.07) is 13.0. The molecule has 0 spiro atoms.